The summed E-state index contributed by atoms with van der Waals surface area (Å²) in [6.45, 7) is 4.10. The van der Waals surface area contributed by atoms with Crippen molar-refractivity contribution in [1.82, 2.24) is 9.21 Å². The number of hydrogen-bond donors (Lipinski definition) is 0. The molecule has 0 atom stereocenters. The molecular formula is C23H26N2O3S. The summed E-state index contributed by atoms with van der Waals surface area (Å²) < 4.78 is 27.2. The Bertz CT molecular complexity index is 1100. The van der Waals surface area contributed by atoms with Gasteiger partial charge in [-0.2, -0.15) is 4.31 Å². The van der Waals surface area contributed by atoms with Crippen molar-refractivity contribution in [3.05, 3.63) is 78.4 Å². The first-order chi connectivity index (χ1) is 13.8. The summed E-state index contributed by atoms with van der Waals surface area (Å²) in [5.74, 6) is -0.226. The quantitative estimate of drug-likeness (QED) is 0.594. The molecule has 0 saturated carbocycles. The molecule has 1 amide bonds. The van der Waals surface area contributed by atoms with Crippen molar-refractivity contribution in [2.75, 3.05) is 13.6 Å². The van der Waals surface area contributed by atoms with E-state index in [0.717, 1.165) is 20.6 Å². The fraction of sp³-hybridized carbons (Fsp3) is 0.261. The molecule has 0 fully saturated rings. The summed E-state index contributed by atoms with van der Waals surface area (Å²) in [4.78, 5) is 14.8. The predicted molar refractivity (Wildman–Crippen MR) is 116 cm³/mol. The lowest BCUT2D eigenvalue weighted by molar-refractivity contribution is -0.133. The third kappa shape index (κ3) is 4.83. The van der Waals surface area contributed by atoms with Gasteiger partial charge in [-0.25, -0.2) is 8.42 Å². The van der Waals surface area contributed by atoms with E-state index in [1.54, 1.807) is 23.1 Å². The highest BCUT2D eigenvalue weighted by Gasteiger charge is 2.26. The van der Waals surface area contributed by atoms with Gasteiger partial charge in [-0.3, -0.25) is 4.79 Å². The zero-order chi connectivity index (χ0) is 21.0. The molecule has 0 aliphatic heterocycles. The van der Waals surface area contributed by atoms with Crippen LogP contribution in [0.25, 0.3) is 10.8 Å². The standard InChI is InChI=1S/C23H26N2O3S/c1-18(2)25(16-19-9-5-4-6-10-19)23(26)17-24(3)29(27,28)22-14-13-20-11-7-8-12-21(20)15-22/h4-15,18H,16-17H2,1-3H3. The lowest BCUT2D eigenvalue weighted by atomic mass is 10.1. The first-order valence-corrected chi connectivity index (χ1v) is 11.0. The third-order valence-electron chi connectivity index (χ3n) is 4.93. The molecule has 0 saturated heterocycles. The van der Waals surface area contributed by atoms with Crippen LogP contribution in [0.3, 0.4) is 0 Å². The largest absolute Gasteiger partial charge is 0.335 e. The van der Waals surface area contributed by atoms with Crippen molar-refractivity contribution in [2.45, 2.75) is 31.3 Å². The highest BCUT2D eigenvalue weighted by molar-refractivity contribution is 7.89. The van der Waals surface area contributed by atoms with Crippen molar-refractivity contribution >= 4 is 26.7 Å². The number of likely N-dealkylation sites (N-methyl/N-ethyl adjacent to an activating group) is 1. The number of amides is 1. The number of sulfonamides is 1. The van der Waals surface area contributed by atoms with Crippen molar-refractivity contribution in [1.29, 1.82) is 0 Å². The molecule has 5 nitrogen and oxygen atoms in total. The van der Waals surface area contributed by atoms with E-state index < -0.39 is 10.0 Å². The lowest BCUT2D eigenvalue weighted by Gasteiger charge is -2.29. The first kappa shape index (κ1) is 21.0. The van der Waals surface area contributed by atoms with Gasteiger partial charge in [0.05, 0.1) is 11.4 Å². The zero-order valence-corrected chi connectivity index (χ0v) is 17.8. The zero-order valence-electron chi connectivity index (χ0n) is 16.9. The van der Waals surface area contributed by atoms with Crippen molar-refractivity contribution in [3.63, 3.8) is 0 Å². The highest BCUT2D eigenvalue weighted by atomic mass is 32.2. The van der Waals surface area contributed by atoms with E-state index in [4.69, 9.17) is 0 Å². The van der Waals surface area contributed by atoms with E-state index in [9.17, 15) is 13.2 Å². The van der Waals surface area contributed by atoms with Crippen LogP contribution < -0.4 is 0 Å². The lowest BCUT2D eigenvalue weighted by Crippen LogP contribution is -2.43. The van der Waals surface area contributed by atoms with Crippen LogP contribution in [0.5, 0.6) is 0 Å². The van der Waals surface area contributed by atoms with Gasteiger partial charge < -0.3 is 4.90 Å². The summed E-state index contributed by atoms with van der Waals surface area (Å²) in [6, 6.07) is 22.3. The van der Waals surface area contributed by atoms with Gasteiger partial charge in [-0.1, -0.05) is 60.7 Å². The molecule has 0 heterocycles. The van der Waals surface area contributed by atoms with E-state index in [0.29, 0.717) is 6.54 Å². The van der Waals surface area contributed by atoms with Crippen molar-refractivity contribution in [2.24, 2.45) is 0 Å². The van der Waals surface area contributed by atoms with E-state index in [2.05, 4.69) is 0 Å². The summed E-state index contributed by atoms with van der Waals surface area (Å²) in [7, 11) is -2.32. The topological polar surface area (TPSA) is 57.7 Å². The minimum Gasteiger partial charge on any atom is -0.335 e. The molecule has 3 aromatic rings. The Hall–Kier alpha value is -2.70. The van der Waals surface area contributed by atoms with Crippen LogP contribution in [0.2, 0.25) is 0 Å². The summed E-state index contributed by atoms with van der Waals surface area (Å²) in [6.07, 6.45) is 0. The number of fused-ring (bicyclic) bond motifs is 1. The summed E-state index contributed by atoms with van der Waals surface area (Å²) in [5, 5.41) is 1.82. The van der Waals surface area contributed by atoms with E-state index in [1.807, 2.05) is 68.4 Å². The van der Waals surface area contributed by atoms with Crippen LogP contribution in [-0.4, -0.2) is 43.2 Å². The van der Waals surface area contributed by atoms with Crippen LogP contribution in [0, 0.1) is 0 Å². The van der Waals surface area contributed by atoms with E-state index in [-0.39, 0.29) is 23.4 Å². The first-order valence-electron chi connectivity index (χ1n) is 9.57. The molecule has 152 valence electrons. The molecule has 3 rings (SSSR count). The Labute approximate surface area is 172 Å². The number of benzene rings is 3. The van der Waals surface area contributed by atoms with Gasteiger partial charge in [0.2, 0.25) is 15.9 Å². The van der Waals surface area contributed by atoms with Gasteiger partial charge in [-0.05, 0) is 42.3 Å². The molecule has 3 aromatic carbocycles. The minimum atomic E-state index is -3.77. The third-order valence-corrected chi connectivity index (χ3v) is 6.73. The maximum Gasteiger partial charge on any atom is 0.243 e. The monoisotopic (exact) mass is 410 g/mol. The van der Waals surface area contributed by atoms with Gasteiger partial charge in [0.25, 0.3) is 0 Å². The number of hydrogen-bond acceptors (Lipinski definition) is 3. The Morgan fingerprint density at radius 2 is 1.52 bits per heavy atom. The van der Waals surface area contributed by atoms with Crippen LogP contribution in [0.4, 0.5) is 0 Å². The fourth-order valence-electron chi connectivity index (χ4n) is 3.21. The average Bonchev–Trinajstić information content (AvgIpc) is 2.72. The number of rotatable bonds is 7. The van der Waals surface area contributed by atoms with Crippen LogP contribution in [0.1, 0.15) is 19.4 Å². The number of carbonyl (C=O) groups is 1. The Morgan fingerprint density at radius 3 is 2.17 bits per heavy atom. The molecule has 0 unspecified atom stereocenters. The maximum atomic E-state index is 13.0. The molecule has 6 heteroatoms. The summed E-state index contributed by atoms with van der Waals surface area (Å²) >= 11 is 0. The van der Waals surface area contributed by atoms with Crippen molar-refractivity contribution < 1.29 is 13.2 Å². The Balaban J connectivity index is 1.78. The molecular weight excluding hydrogens is 384 g/mol. The van der Waals surface area contributed by atoms with Gasteiger partial charge in [-0.15, -0.1) is 0 Å². The van der Waals surface area contributed by atoms with E-state index >= 15 is 0 Å². The minimum absolute atomic E-state index is 0.0421. The number of nitrogens with zero attached hydrogens (tertiary/aromatic N) is 2. The van der Waals surface area contributed by atoms with Gasteiger partial charge in [0.1, 0.15) is 0 Å². The second kappa shape index (κ2) is 8.76. The SMILES string of the molecule is CC(C)N(Cc1ccccc1)C(=O)CN(C)S(=O)(=O)c1ccc2ccccc2c1. The Kier molecular flexibility index (Phi) is 6.35. The van der Waals surface area contributed by atoms with Gasteiger partial charge >= 0.3 is 0 Å². The molecule has 0 aliphatic carbocycles. The molecule has 0 aromatic heterocycles. The molecule has 0 spiro atoms. The maximum absolute atomic E-state index is 13.0. The Morgan fingerprint density at radius 1 is 0.897 bits per heavy atom. The van der Waals surface area contributed by atoms with E-state index in [1.165, 1.54) is 7.05 Å². The van der Waals surface area contributed by atoms with Crippen LogP contribution >= 0.6 is 0 Å². The van der Waals surface area contributed by atoms with Gasteiger partial charge in [0, 0.05) is 19.6 Å². The van der Waals surface area contributed by atoms with Gasteiger partial charge in [0.15, 0.2) is 0 Å². The smallest absolute Gasteiger partial charge is 0.243 e. The molecule has 0 bridgehead atoms. The molecule has 0 radical (unpaired) electrons. The second-order valence-corrected chi connectivity index (χ2v) is 9.42. The van der Waals surface area contributed by atoms with Crippen LogP contribution in [0.15, 0.2) is 77.7 Å². The molecule has 29 heavy (non-hydrogen) atoms. The predicted octanol–water partition coefficient (Wildman–Crippen LogP) is 3.90. The number of carbonyl (C=O) groups excluding carboxylic acids is 1. The average molecular weight is 411 g/mol. The summed E-state index contributed by atoms with van der Waals surface area (Å²) in [5.41, 5.74) is 1.01. The van der Waals surface area contributed by atoms with Crippen LogP contribution in [-0.2, 0) is 21.4 Å². The fourth-order valence-corrected chi connectivity index (χ4v) is 4.37. The molecule has 0 N–H and O–H groups in total. The molecule has 0 aliphatic rings. The van der Waals surface area contributed by atoms with Crippen molar-refractivity contribution in [3.8, 4) is 0 Å². The second-order valence-electron chi connectivity index (χ2n) is 7.37. The highest BCUT2D eigenvalue weighted by Crippen LogP contribution is 2.21. The normalized spacial score (nSPS) is 11.9.